The summed E-state index contributed by atoms with van der Waals surface area (Å²) in [6, 6.07) is 12.8. The van der Waals surface area contributed by atoms with Crippen LogP contribution in [0.5, 0.6) is 5.75 Å². The van der Waals surface area contributed by atoms with E-state index in [1.807, 2.05) is 0 Å². The largest absolute Gasteiger partial charge is 0.488 e. The Bertz CT molecular complexity index is 787. The highest BCUT2D eigenvalue weighted by molar-refractivity contribution is 6.05. The van der Waals surface area contributed by atoms with Crippen molar-refractivity contribution in [2.24, 2.45) is 0 Å². The molecule has 1 amide bonds. The van der Waals surface area contributed by atoms with E-state index in [1.54, 1.807) is 30.3 Å². The lowest BCUT2D eigenvalue weighted by Crippen LogP contribution is -2.34. The van der Waals surface area contributed by atoms with Gasteiger partial charge in [0.05, 0.1) is 11.7 Å². The van der Waals surface area contributed by atoms with Gasteiger partial charge < -0.3 is 20.3 Å². The third-order valence-electron chi connectivity index (χ3n) is 4.44. The molecule has 1 saturated carbocycles. The van der Waals surface area contributed by atoms with Crippen molar-refractivity contribution in [2.45, 2.75) is 37.9 Å². The summed E-state index contributed by atoms with van der Waals surface area (Å²) in [6.45, 7) is 0. The van der Waals surface area contributed by atoms with Crippen molar-refractivity contribution in [3.05, 3.63) is 59.7 Å². The molecule has 1 fully saturated rings. The van der Waals surface area contributed by atoms with Gasteiger partial charge in [0.25, 0.3) is 5.91 Å². The second-order valence-corrected chi connectivity index (χ2v) is 6.37. The summed E-state index contributed by atoms with van der Waals surface area (Å²) in [5, 5.41) is 21.7. The van der Waals surface area contributed by atoms with E-state index in [1.165, 1.54) is 18.2 Å². The van der Waals surface area contributed by atoms with E-state index in [2.05, 4.69) is 5.32 Å². The topological polar surface area (TPSA) is 95.9 Å². The van der Waals surface area contributed by atoms with E-state index >= 15 is 0 Å². The van der Waals surface area contributed by atoms with Gasteiger partial charge in [0, 0.05) is 11.3 Å². The van der Waals surface area contributed by atoms with Crippen LogP contribution in [0.25, 0.3) is 0 Å². The van der Waals surface area contributed by atoms with Crippen LogP contribution < -0.4 is 10.1 Å². The molecular weight excluding hydrogens is 334 g/mol. The quantitative estimate of drug-likeness (QED) is 0.765. The second kappa shape index (κ2) is 8.01. The standard InChI is InChI=1S/C20H21NO5/c22-17-6-1-2-7-18(17)26-16-10-8-15(9-11-16)21-19(23)13-4-3-5-14(12-13)20(24)25/h3-5,8-12,17-18,22H,1-2,6-7H2,(H,21,23)(H,24,25). The lowest BCUT2D eigenvalue weighted by atomic mass is 9.95. The number of aliphatic hydroxyl groups excluding tert-OH is 1. The van der Waals surface area contributed by atoms with Crippen LogP contribution in [0.15, 0.2) is 48.5 Å². The molecule has 6 heteroatoms. The van der Waals surface area contributed by atoms with Crippen LogP contribution in [-0.2, 0) is 0 Å². The van der Waals surface area contributed by atoms with Crippen LogP contribution >= 0.6 is 0 Å². The molecule has 2 atom stereocenters. The van der Waals surface area contributed by atoms with Crippen molar-refractivity contribution >= 4 is 17.6 Å². The van der Waals surface area contributed by atoms with E-state index < -0.39 is 12.1 Å². The summed E-state index contributed by atoms with van der Waals surface area (Å²) in [5.74, 6) is -0.822. The normalized spacial score (nSPS) is 19.6. The summed E-state index contributed by atoms with van der Waals surface area (Å²) in [7, 11) is 0. The monoisotopic (exact) mass is 355 g/mol. The Morgan fingerprint density at radius 3 is 2.38 bits per heavy atom. The highest BCUT2D eigenvalue weighted by Crippen LogP contribution is 2.25. The van der Waals surface area contributed by atoms with Crippen LogP contribution in [0.2, 0.25) is 0 Å². The average Bonchev–Trinajstić information content (AvgIpc) is 2.65. The van der Waals surface area contributed by atoms with E-state index in [9.17, 15) is 14.7 Å². The zero-order valence-corrected chi connectivity index (χ0v) is 14.2. The minimum atomic E-state index is -1.08. The number of rotatable bonds is 5. The Morgan fingerprint density at radius 1 is 1.00 bits per heavy atom. The summed E-state index contributed by atoms with van der Waals surface area (Å²) in [4.78, 5) is 23.3. The molecule has 0 aliphatic heterocycles. The first-order valence-corrected chi connectivity index (χ1v) is 8.62. The minimum Gasteiger partial charge on any atom is -0.488 e. The number of nitrogens with one attached hydrogen (secondary N) is 1. The number of carboxylic acid groups (broad SMARTS) is 1. The first-order valence-electron chi connectivity index (χ1n) is 8.62. The number of anilines is 1. The van der Waals surface area contributed by atoms with E-state index in [4.69, 9.17) is 9.84 Å². The molecule has 1 aliphatic carbocycles. The minimum absolute atomic E-state index is 0.0624. The highest BCUT2D eigenvalue weighted by Gasteiger charge is 2.24. The van der Waals surface area contributed by atoms with Gasteiger partial charge >= 0.3 is 5.97 Å². The van der Waals surface area contributed by atoms with Crippen molar-refractivity contribution in [3.8, 4) is 5.75 Å². The van der Waals surface area contributed by atoms with Crippen LogP contribution in [0.3, 0.4) is 0 Å². The van der Waals surface area contributed by atoms with Gasteiger partial charge in [-0.15, -0.1) is 0 Å². The molecule has 26 heavy (non-hydrogen) atoms. The van der Waals surface area contributed by atoms with Gasteiger partial charge in [0.15, 0.2) is 0 Å². The van der Waals surface area contributed by atoms with Gasteiger partial charge in [-0.2, -0.15) is 0 Å². The summed E-state index contributed by atoms with van der Waals surface area (Å²) < 4.78 is 5.83. The van der Waals surface area contributed by atoms with Crippen LogP contribution in [0, 0.1) is 0 Å². The fourth-order valence-corrected chi connectivity index (χ4v) is 3.00. The van der Waals surface area contributed by atoms with E-state index in [-0.39, 0.29) is 23.1 Å². The van der Waals surface area contributed by atoms with Gasteiger partial charge in [-0.05, 0) is 61.7 Å². The number of carbonyl (C=O) groups excluding carboxylic acids is 1. The molecule has 2 unspecified atom stereocenters. The zero-order valence-electron chi connectivity index (χ0n) is 14.2. The number of aromatic carboxylic acids is 1. The fourth-order valence-electron chi connectivity index (χ4n) is 3.00. The van der Waals surface area contributed by atoms with Crippen molar-refractivity contribution in [1.29, 1.82) is 0 Å². The Kier molecular flexibility index (Phi) is 5.53. The average molecular weight is 355 g/mol. The Morgan fingerprint density at radius 2 is 1.69 bits per heavy atom. The van der Waals surface area contributed by atoms with E-state index in [0.29, 0.717) is 11.4 Å². The van der Waals surface area contributed by atoms with Crippen LogP contribution in [0.4, 0.5) is 5.69 Å². The summed E-state index contributed by atoms with van der Waals surface area (Å²) >= 11 is 0. The van der Waals surface area contributed by atoms with Gasteiger partial charge in [-0.3, -0.25) is 4.79 Å². The third-order valence-corrected chi connectivity index (χ3v) is 4.44. The molecular formula is C20H21NO5. The molecule has 2 aromatic rings. The maximum absolute atomic E-state index is 12.3. The Hall–Kier alpha value is -2.86. The van der Waals surface area contributed by atoms with E-state index in [0.717, 1.165) is 25.7 Å². The predicted octanol–water partition coefficient (Wildman–Crippen LogP) is 3.32. The first-order chi connectivity index (χ1) is 12.5. The predicted molar refractivity (Wildman–Crippen MR) is 96.7 cm³/mol. The summed E-state index contributed by atoms with van der Waals surface area (Å²) in [5.41, 5.74) is 0.912. The molecule has 0 saturated heterocycles. The molecule has 0 radical (unpaired) electrons. The highest BCUT2D eigenvalue weighted by atomic mass is 16.5. The Balaban J connectivity index is 1.62. The van der Waals surface area contributed by atoms with Crippen molar-refractivity contribution in [1.82, 2.24) is 0 Å². The number of carbonyl (C=O) groups is 2. The lowest BCUT2D eigenvalue weighted by Gasteiger charge is -2.28. The maximum atomic E-state index is 12.3. The maximum Gasteiger partial charge on any atom is 0.335 e. The third kappa shape index (κ3) is 4.40. The molecule has 0 bridgehead atoms. The molecule has 2 aromatic carbocycles. The van der Waals surface area contributed by atoms with Crippen molar-refractivity contribution in [3.63, 3.8) is 0 Å². The van der Waals surface area contributed by atoms with Crippen LogP contribution in [-0.4, -0.2) is 34.3 Å². The molecule has 3 N–H and O–H groups in total. The zero-order chi connectivity index (χ0) is 18.5. The van der Waals surface area contributed by atoms with Crippen molar-refractivity contribution < 1.29 is 24.5 Å². The number of carboxylic acids is 1. The molecule has 136 valence electrons. The lowest BCUT2D eigenvalue weighted by molar-refractivity contribution is 0.00688. The van der Waals surface area contributed by atoms with Gasteiger partial charge in [0.2, 0.25) is 0 Å². The Labute approximate surface area is 151 Å². The first kappa shape index (κ1) is 17.9. The molecule has 0 spiro atoms. The van der Waals surface area contributed by atoms with Gasteiger partial charge in [-0.1, -0.05) is 12.5 Å². The van der Waals surface area contributed by atoms with Gasteiger partial charge in [-0.25, -0.2) is 4.79 Å². The number of aliphatic hydroxyl groups is 1. The molecule has 1 aliphatic rings. The SMILES string of the molecule is O=C(O)c1cccc(C(=O)Nc2ccc(OC3CCCCC3O)cc2)c1. The number of hydrogen-bond acceptors (Lipinski definition) is 4. The summed E-state index contributed by atoms with van der Waals surface area (Å²) in [6.07, 6.45) is 3.03. The van der Waals surface area contributed by atoms with Crippen LogP contribution in [0.1, 0.15) is 46.4 Å². The smallest absolute Gasteiger partial charge is 0.335 e. The van der Waals surface area contributed by atoms with Gasteiger partial charge in [0.1, 0.15) is 11.9 Å². The van der Waals surface area contributed by atoms with Crippen molar-refractivity contribution in [2.75, 3.05) is 5.32 Å². The molecule has 0 heterocycles. The number of hydrogen-bond donors (Lipinski definition) is 3. The second-order valence-electron chi connectivity index (χ2n) is 6.37. The molecule has 3 rings (SSSR count). The fraction of sp³-hybridized carbons (Fsp3) is 0.300. The molecule has 6 nitrogen and oxygen atoms in total. The number of amides is 1. The number of ether oxygens (including phenoxy) is 1. The molecule has 0 aromatic heterocycles. The number of benzene rings is 2.